The number of hydrogen-bond donors (Lipinski definition) is 3. The Hall–Kier alpha value is -3.51. The van der Waals surface area contributed by atoms with Gasteiger partial charge in [-0.3, -0.25) is 14.6 Å². The standard InChI is InChI=1S/C32H46N4O7S/c1-20(2)27(21(3)4)35-26(37)18-25-28(43-25)24(17-22-11-9-8-10-12-22)34-30(38)29(32(5,6)44(7,40)41)36-31(39)42-19-23-13-15-33-16-14-23/h8-16,20-21,24-25,27-29H,17-19H2,1-7H3,(H,34,38)(H,35,37)(H,36,39)/t24-,25-,28+,29+/m0/s1. The van der Waals surface area contributed by atoms with Crippen LogP contribution in [0.5, 0.6) is 0 Å². The van der Waals surface area contributed by atoms with Crippen LogP contribution in [0.1, 0.15) is 59.1 Å². The molecule has 1 saturated heterocycles. The molecule has 3 rings (SSSR count). The summed E-state index contributed by atoms with van der Waals surface area (Å²) < 4.78 is 35.1. The molecule has 0 spiro atoms. The Labute approximate surface area is 260 Å². The fourth-order valence-corrected chi connectivity index (χ4v) is 5.74. The van der Waals surface area contributed by atoms with Crippen molar-refractivity contribution in [3.8, 4) is 0 Å². The van der Waals surface area contributed by atoms with Gasteiger partial charge < -0.3 is 25.4 Å². The van der Waals surface area contributed by atoms with Gasteiger partial charge in [0.25, 0.3) is 0 Å². The molecule has 242 valence electrons. The smallest absolute Gasteiger partial charge is 0.408 e. The minimum absolute atomic E-state index is 0.0166. The van der Waals surface area contributed by atoms with Crippen molar-refractivity contribution in [1.82, 2.24) is 20.9 Å². The van der Waals surface area contributed by atoms with E-state index in [-0.39, 0.29) is 36.8 Å². The predicted octanol–water partition coefficient (Wildman–Crippen LogP) is 3.18. The third-order valence-corrected chi connectivity index (χ3v) is 10.2. The molecule has 0 bridgehead atoms. The third kappa shape index (κ3) is 9.75. The molecule has 0 saturated carbocycles. The lowest BCUT2D eigenvalue weighted by Crippen LogP contribution is -2.62. The zero-order chi connectivity index (χ0) is 32.7. The van der Waals surface area contributed by atoms with Crippen LogP contribution in [0.25, 0.3) is 0 Å². The number of aromatic nitrogens is 1. The van der Waals surface area contributed by atoms with E-state index in [1.54, 1.807) is 24.5 Å². The van der Waals surface area contributed by atoms with Crippen LogP contribution in [0, 0.1) is 11.8 Å². The van der Waals surface area contributed by atoms with Crippen LogP contribution < -0.4 is 16.0 Å². The molecule has 0 radical (unpaired) electrons. The normalized spacial score (nSPS) is 18.0. The monoisotopic (exact) mass is 630 g/mol. The minimum atomic E-state index is -3.83. The van der Waals surface area contributed by atoms with Gasteiger partial charge in [-0.2, -0.15) is 0 Å². The Bertz CT molecular complexity index is 1360. The molecule has 44 heavy (non-hydrogen) atoms. The Kier molecular flexibility index (Phi) is 11.9. The maximum Gasteiger partial charge on any atom is 0.408 e. The van der Waals surface area contributed by atoms with Crippen molar-refractivity contribution in [2.24, 2.45) is 11.8 Å². The summed E-state index contributed by atoms with van der Waals surface area (Å²) in [6.45, 7) is 10.9. The van der Waals surface area contributed by atoms with Crippen molar-refractivity contribution < 1.29 is 32.3 Å². The maximum atomic E-state index is 13.8. The Balaban J connectivity index is 1.77. The molecule has 12 heteroatoms. The van der Waals surface area contributed by atoms with Gasteiger partial charge in [-0.1, -0.05) is 58.0 Å². The summed E-state index contributed by atoms with van der Waals surface area (Å²) >= 11 is 0. The van der Waals surface area contributed by atoms with Crippen LogP contribution in [0.3, 0.4) is 0 Å². The first-order chi connectivity index (χ1) is 20.6. The Morgan fingerprint density at radius 3 is 2.11 bits per heavy atom. The van der Waals surface area contributed by atoms with Crippen LogP contribution in [-0.2, 0) is 41.9 Å². The van der Waals surface area contributed by atoms with E-state index in [1.165, 1.54) is 13.8 Å². The van der Waals surface area contributed by atoms with Gasteiger partial charge in [0, 0.05) is 24.7 Å². The number of hydrogen-bond acceptors (Lipinski definition) is 8. The minimum Gasteiger partial charge on any atom is -0.445 e. The van der Waals surface area contributed by atoms with Crippen molar-refractivity contribution in [3.63, 3.8) is 0 Å². The van der Waals surface area contributed by atoms with Crippen molar-refractivity contribution in [1.29, 1.82) is 0 Å². The summed E-state index contributed by atoms with van der Waals surface area (Å²) in [5.74, 6) is -0.317. The highest BCUT2D eigenvalue weighted by Crippen LogP contribution is 2.31. The van der Waals surface area contributed by atoms with Crippen LogP contribution in [0.15, 0.2) is 54.9 Å². The number of ether oxygens (including phenoxy) is 2. The van der Waals surface area contributed by atoms with Gasteiger partial charge in [0.2, 0.25) is 11.8 Å². The zero-order valence-electron chi connectivity index (χ0n) is 26.6. The topological polar surface area (TPSA) is 156 Å². The molecule has 1 aliphatic rings. The lowest BCUT2D eigenvalue weighted by molar-refractivity contribution is -0.124. The number of sulfone groups is 1. The summed E-state index contributed by atoms with van der Waals surface area (Å²) in [4.78, 5) is 43.4. The molecular weight excluding hydrogens is 584 g/mol. The van der Waals surface area contributed by atoms with E-state index < -0.39 is 50.9 Å². The van der Waals surface area contributed by atoms with E-state index in [4.69, 9.17) is 9.47 Å². The van der Waals surface area contributed by atoms with Crippen molar-refractivity contribution in [3.05, 3.63) is 66.0 Å². The van der Waals surface area contributed by atoms with Gasteiger partial charge in [0.15, 0.2) is 9.84 Å². The molecule has 4 atom stereocenters. The molecule has 1 aromatic carbocycles. The third-order valence-electron chi connectivity index (χ3n) is 8.09. The molecule has 1 aliphatic heterocycles. The molecule has 2 heterocycles. The Morgan fingerprint density at radius 1 is 0.932 bits per heavy atom. The number of amides is 3. The van der Waals surface area contributed by atoms with Crippen LogP contribution in [0.2, 0.25) is 0 Å². The molecule has 2 aromatic rings. The zero-order valence-corrected chi connectivity index (χ0v) is 27.4. The molecule has 1 fully saturated rings. The lowest BCUT2D eigenvalue weighted by Gasteiger charge is -2.33. The number of nitrogens with one attached hydrogen (secondary N) is 3. The number of rotatable bonds is 15. The number of alkyl carbamates (subject to hydrolysis) is 1. The van der Waals surface area contributed by atoms with Gasteiger partial charge in [0.05, 0.1) is 23.3 Å². The summed E-state index contributed by atoms with van der Waals surface area (Å²) in [7, 11) is -3.83. The second-order valence-electron chi connectivity index (χ2n) is 12.6. The number of carbonyl (C=O) groups excluding carboxylic acids is 3. The highest BCUT2D eigenvalue weighted by atomic mass is 32.2. The second-order valence-corrected chi connectivity index (χ2v) is 15.2. The van der Waals surface area contributed by atoms with Crippen LogP contribution in [-0.4, -0.2) is 72.6 Å². The quantitative estimate of drug-likeness (QED) is 0.254. The van der Waals surface area contributed by atoms with Crippen molar-refractivity contribution >= 4 is 27.7 Å². The predicted molar refractivity (Wildman–Crippen MR) is 167 cm³/mol. The fourth-order valence-electron chi connectivity index (χ4n) is 5.15. The van der Waals surface area contributed by atoms with E-state index in [9.17, 15) is 22.8 Å². The summed E-state index contributed by atoms with van der Waals surface area (Å²) in [6, 6.07) is 10.7. The number of epoxide rings is 1. The van der Waals surface area contributed by atoms with Gasteiger partial charge in [-0.25, -0.2) is 13.2 Å². The summed E-state index contributed by atoms with van der Waals surface area (Å²) in [5, 5.41) is 8.50. The molecule has 3 amide bonds. The van der Waals surface area contributed by atoms with Gasteiger partial charge in [-0.15, -0.1) is 0 Å². The van der Waals surface area contributed by atoms with E-state index >= 15 is 0 Å². The first-order valence-corrected chi connectivity index (χ1v) is 16.8. The number of pyridine rings is 1. The fraction of sp³-hybridized carbons (Fsp3) is 0.562. The van der Waals surface area contributed by atoms with Crippen LogP contribution in [0.4, 0.5) is 4.79 Å². The number of benzene rings is 1. The van der Waals surface area contributed by atoms with Crippen LogP contribution >= 0.6 is 0 Å². The highest BCUT2D eigenvalue weighted by molar-refractivity contribution is 7.92. The Morgan fingerprint density at radius 2 is 1.55 bits per heavy atom. The molecule has 1 aromatic heterocycles. The van der Waals surface area contributed by atoms with Gasteiger partial charge >= 0.3 is 6.09 Å². The molecule has 0 aliphatic carbocycles. The van der Waals surface area contributed by atoms with E-state index in [0.29, 0.717) is 12.0 Å². The van der Waals surface area contributed by atoms with Crippen molar-refractivity contribution in [2.45, 2.75) is 96.1 Å². The highest BCUT2D eigenvalue weighted by Gasteiger charge is 2.49. The largest absolute Gasteiger partial charge is 0.445 e. The first-order valence-electron chi connectivity index (χ1n) is 14.9. The van der Waals surface area contributed by atoms with Gasteiger partial charge in [0.1, 0.15) is 18.8 Å². The van der Waals surface area contributed by atoms with Crippen molar-refractivity contribution in [2.75, 3.05) is 6.26 Å². The summed E-state index contributed by atoms with van der Waals surface area (Å²) in [5.41, 5.74) is 1.59. The number of carbonyl (C=O) groups is 3. The molecule has 11 nitrogen and oxygen atoms in total. The van der Waals surface area contributed by atoms with E-state index in [1.807, 2.05) is 30.3 Å². The van der Waals surface area contributed by atoms with E-state index in [0.717, 1.165) is 11.8 Å². The number of nitrogens with zero attached hydrogens (tertiary/aromatic N) is 1. The summed E-state index contributed by atoms with van der Waals surface area (Å²) in [6.07, 6.45) is 2.76. The maximum absolute atomic E-state index is 13.8. The average molecular weight is 631 g/mol. The first kappa shape index (κ1) is 35.0. The van der Waals surface area contributed by atoms with Gasteiger partial charge in [-0.05, 0) is 55.4 Å². The molecular formula is C32H46N4O7S. The molecule has 3 N–H and O–H groups in total. The SMILES string of the molecule is CC(C)C(NC(=O)C[C@@H]1O[C@@H]1[C@H](Cc1ccccc1)NC(=O)[C@@H](NC(=O)OCc1ccncc1)C(C)(C)S(C)(=O)=O)C(C)C. The van der Waals surface area contributed by atoms with E-state index in [2.05, 4.69) is 48.6 Å². The molecule has 0 unspecified atom stereocenters. The lowest BCUT2D eigenvalue weighted by atomic mass is 9.93. The second kappa shape index (κ2) is 15.0. The average Bonchev–Trinajstić information content (AvgIpc) is 3.72.